The lowest BCUT2D eigenvalue weighted by Crippen LogP contribution is -2.27. The van der Waals surface area contributed by atoms with Crippen LogP contribution in [0.25, 0.3) is 21.7 Å². The number of thiophene rings is 1. The lowest BCUT2D eigenvalue weighted by atomic mass is 10.3. The minimum absolute atomic E-state index is 0.0343. The predicted molar refractivity (Wildman–Crippen MR) is 103 cm³/mol. The fourth-order valence-electron chi connectivity index (χ4n) is 2.96. The van der Waals surface area contributed by atoms with Crippen molar-refractivity contribution in [3.05, 3.63) is 53.5 Å². The zero-order valence-electron chi connectivity index (χ0n) is 14.9. The molecule has 0 spiro atoms. The molecule has 8 heteroatoms. The van der Waals surface area contributed by atoms with Crippen molar-refractivity contribution in [3.8, 4) is 10.7 Å². The third-order valence-electron chi connectivity index (χ3n) is 4.28. The van der Waals surface area contributed by atoms with Crippen molar-refractivity contribution >= 4 is 28.3 Å². The first-order valence-corrected chi connectivity index (χ1v) is 9.64. The van der Waals surface area contributed by atoms with Crippen molar-refractivity contribution in [2.24, 2.45) is 0 Å². The number of hydrogen-bond acceptors (Lipinski definition) is 6. The van der Waals surface area contributed by atoms with Gasteiger partial charge in [0.2, 0.25) is 17.6 Å². The van der Waals surface area contributed by atoms with Gasteiger partial charge >= 0.3 is 0 Å². The Balaban J connectivity index is 1.27. The number of fused-ring (bicyclic) bond motifs is 1. The van der Waals surface area contributed by atoms with E-state index in [0.717, 1.165) is 21.7 Å². The first-order valence-electron chi connectivity index (χ1n) is 8.76. The maximum atomic E-state index is 12.1. The van der Waals surface area contributed by atoms with Gasteiger partial charge in [-0.25, -0.2) is 4.98 Å². The summed E-state index contributed by atoms with van der Waals surface area (Å²) in [4.78, 5) is 21.9. The number of aryl methyl sites for hydroxylation is 2. The van der Waals surface area contributed by atoms with Gasteiger partial charge in [0.25, 0.3) is 0 Å². The van der Waals surface area contributed by atoms with Crippen LogP contribution >= 0.6 is 11.3 Å². The van der Waals surface area contributed by atoms with Gasteiger partial charge in [-0.3, -0.25) is 4.79 Å². The molecule has 0 saturated heterocycles. The van der Waals surface area contributed by atoms with E-state index in [1.807, 2.05) is 48.7 Å². The molecule has 1 amide bonds. The Labute approximate surface area is 160 Å². The molecule has 3 aromatic heterocycles. The second kappa shape index (κ2) is 7.71. The molecular formula is C19H19N5O2S. The highest BCUT2D eigenvalue weighted by Gasteiger charge is 2.11. The number of rotatable bonds is 7. The van der Waals surface area contributed by atoms with Gasteiger partial charge in [-0.05, 0) is 30.5 Å². The molecule has 4 aromatic rings. The molecule has 3 heterocycles. The van der Waals surface area contributed by atoms with E-state index in [4.69, 9.17) is 4.52 Å². The molecule has 0 aliphatic heterocycles. The van der Waals surface area contributed by atoms with Crippen LogP contribution < -0.4 is 5.32 Å². The molecule has 0 aliphatic carbocycles. The first-order chi connectivity index (χ1) is 13.2. The van der Waals surface area contributed by atoms with Crippen molar-refractivity contribution < 1.29 is 9.32 Å². The number of carbonyl (C=O) groups is 1. The van der Waals surface area contributed by atoms with Crippen LogP contribution in [0.2, 0.25) is 0 Å². The maximum absolute atomic E-state index is 12.1. The summed E-state index contributed by atoms with van der Waals surface area (Å²) in [5.74, 6) is 1.96. The normalized spacial score (nSPS) is 11.1. The molecule has 1 aromatic carbocycles. The fraction of sp³-hybridized carbons (Fsp3) is 0.263. The summed E-state index contributed by atoms with van der Waals surface area (Å²) in [7, 11) is 0. The number of nitrogens with zero attached hydrogens (tertiary/aromatic N) is 4. The van der Waals surface area contributed by atoms with Crippen LogP contribution in [-0.2, 0) is 17.8 Å². The highest BCUT2D eigenvalue weighted by Crippen LogP contribution is 2.21. The maximum Gasteiger partial charge on any atom is 0.227 e. The summed E-state index contributed by atoms with van der Waals surface area (Å²) in [6.45, 7) is 3.20. The summed E-state index contributed by atoms with van der Waals surface area (Å²) in [6.07, 6.45) is 0.743. The van der Waals surface area contributed by atoms with Crippen LogP contribution in [-0.4, -0.2) is 32.1 Å². The van der Waals surface area contributed by atoms with Crippen molar-refractivity contribution in [1.29, 1.82) is 0 Å². The monoisotopic (exact) mass is 381 g/mol. The van der Waals surface area contributed by atoms with Gasteiger partial charge in [-0.1, -0.05) is 23.4 Å². The van der Waals surface area contributed by atoms with Gasteiger partial charge in [0.05, 0.1) is 15.9 Å². The largest absolute Gasteiger partial charge is 0.354 e. The Morgan fingerprint density at radius 2 is 2.11 bits per heavy atom. The molecule has 4 rings (SSSR count). The highest BCUT2D eigenvalue weighted by molar-refractivity contribution is 7.13. The van der Waals surface area contributed by atoms with E-state index in [1.54, 1.807) is 11.3 Å². The Kier molecular flexibility index (Phi) is 4.97. The third-order valence-corrected chi connectivity index (χ3v) is 5.14. The quantitative estimate of drug-likeness (QED) is 0.531. The van der Waals surface area contributed by atoms with E-state index in [-0.39, 0.29) is 5.91 Å². The molecule has 138 valence electrons. The minimum Gasteiger partial charge on any atom is -0.354 e. The van der Waals surface area contributed by atoms with Gasteiger partial charge in [0.15, 0.2) is 0 Å². The molecule has 0 unspecified atom stereocenters. The number of para-hydroxylation sites is 2. The SMILES string of the molecule is Cc1nc2ccccc2n1CCNC(=O)CCc1nc(-c2cccs2)no1. The summed E-state index contributed by atoms with van der Waals surface area (Å²) >= 11 is 1.55. The van der Waals surface area contributed by atoms with Crippen LogP contribution in [0.15, 0.2) is 46.3 Å². The van der Waals surface area contributed by atoms with Crippen LogP contribution in [0.4, 0.5) is 0 Å². The van der Waals surface area contributed by atoms with E-state index in [9.17, 15) is 4.79 Å². The molecule has 0 saturated carbocycles. The van der Waals surface area contributed by atoms with Crippen molar-refractivity contribution in [2.45, 2.75) is 26.3 Å². The number of aromatic nitrogens is 4. The number of nitrogens with one attached hydrogen (secondary N) is 1. The molecule has 0 bridgehead atoms. The summed E-state index contributed by atoms with van der Waals surface area (Å²) in [5, 5.41) is 8.86. The lowest BCUT2D eigenvalue weighted by molar-refractivity contribution is -0.121. The van der Waals surface area contributed by atoms with Gasteiger partial charge in [-0.2, -0.15) is 4.98 Å². The first kappa shape index (κ1) is 17.4. The Morgan fingerprint density at radius 1 is 1.22 bits per heavy atom. The summed E-state index contributed by atoms with van der Waals surface area (Å²) in [5.41, 5.74) is 2.05. The Morgan fingerprint density at radius 3 is 2.96 bits per heavy atom. The zero-order chi connectivity index (χ0) is 18.6. The van der Waals surface area contributed by atoms with Crippen molar-refractivity contribution in [2.75, 3.05) is 6.54 Å². The van der Waals surface area contributed by atoms with Crippen LogP contribution in [0.1, 0.15) is 18.1 Å². The molecule has 0 radical (unpaired) electrons. The lowest BCUT2D eigenvalue weighted by Gasteiger charge is -2.08. The van der Waals surface area contributed by atoms with Crippen molar-refractivity contribution in [1.82, 2.24) is 25.0 Å². The molecule has 0 atom stereocenters. The smallest absolute Gasteiger partial charge is 0.227 e. The fourth-order valence-corrected chi connectivity index (χ4v) is 3.61. The van der Waals surface area contributed by atoms with E-state index >= 15 is 0 Å². The standard InChI is InChI=1S/C19H19N5O2S/c1-13-21-14-5-2-3-6-15(14)24(13)11-10-20-17(25)8-9-18-22-19(23-26-18)16-7-4-12-27-16/h2-7,12H,8-11H2,1H3,(H,20,25). The summed E-state index contributed by atoms with van der Waals surface area (Å²) in [6, 6.07) is 11.9. The number of amides is 1. The number of imidazole rings is 1. The number of hydrogen-bond donors (Lipinski definition) is 1. The predicted octanol–water partition coefficient (Wildman–Crippen LogP) is 3.21. The van der Waals surface area contributed by atoms with E-state index in [1.165, 1.54) is 0 Å². The van der Waals surface area contributed by atoms with E-state index in [2.05, 4.69) is 25.0 Å². The average molecular weight is 381 g/mol. The zero-order valence-corrected chi connectivity index (χ0v) is 15.7. The van der Waals surface area contributed by atoms with Crippen LogP contribution in [0, 0.1) is 6.92 Å². The van der Waals surface area contributed by atoms with Crippen molar-refractivity contribution in [3.63, 3.8) is 0 Å². The van der Waals surface area contributed by atoms with Gasteiger partial charge < -0.3 is 14.4 Å². The van der Waals surface area contributed by atoms with E-state index in [0.29, 0.717) is 37.6 Å². The Hall–Kier alpha value is -3.00. The topological polar surface area (TPSA) is 85.8 Å². The second-order valence-corrected chi connectivity index (χ2v) is 7.09. The molecule has 27 heavy (non-hydrogen) atoms. The number of carbonyl (C=O) groups excluding carboxylic acids is 1. The molecule has 0 aliphatic rings. The van der Waals surface area contributed by atoms with E-state index < -0.39 is 0 Å². The Bertz CT molecular complexity index is 1050. The molecular weight excluding hydrogens is 362 g/mol. The van der Waals surface area contributed by atoms with Gasteiger partial charge in [0, 0.05) is 25.9 Å². The number of benzene rings is 1. The van der Waals surface area contributed by atoms with Crippen LogP contribution in [0.5, 0.6) is 0 Å². The summed E-state index contributed by atoms with van der Waals surface area (Å²) < 4.78 is 7.33. The highest BCUT2D eigenvalue weighted by atomic mass is 32.1. The molecule has 1 N–H and O–H groups in total. The van der Waals surface area contributed by atoms with Gasteiger partial charge in [0.1, 0.15) is 5.82 Å². The van der Waals surface area contributed by atoms with Gasteiger partial charge in [-0.15, -0.1) is 11.3 Å². The minimum atomic E-state index is -0.0343. The van der Waals surface area contributed by atoms with Crippen LogP contribution in [0.3, 0.4) is 0 Å². The average Bonchev–Trinajstić information content (AvgIpc) is 3.40. The molecule has 7 nitrogen and oxygen atoms in total. The molecule has 0 fully saturated rings. The second-order valence-electron chi connectivity index (χ2n) is 6.14. The third kappa shape index (κ3) is 3.90.